The van der Waals surface area contributed by atoms with E-state index >= 15 is 0 Å². The van der Waals surface area contributed by atoms with E-state index in [-0.39, 0.29) is 11.3 Å². The van der Waals surface area contributed by atoms with Crippen molar-refractivity contribution in [1.29, 1.82) is 0 Å². The second-order valence-electron chi connectivity index (χ2n) is 4.33. The fraction of sp³-hybridized carbons (Fsp3) is 0.200. The molecule has 0 unspecified atom stereocenters. The minimum absolute atomic E-state index is 0.0709. The number of rotatable bonds is 4. The minimum Gasteiger partial charge on any atom is -0.428 e. The van der Waals surface area contributed by atoms with Crippen LogP contribution in [0.25, 0.3) is 0 Å². The Morgan fingerprint density at radius 3 is 2.58 bits per heavy atom. The highest BCUT2D eigenvalue weighted by Crippen LogP contribution is 2.15. The van der Waals surface area contributed by atoms with E-state index in [0.717, 1.165) is 5.56 Å². The van der Waals surface area contributed by atoms with Crippen molar-refractivity contribution in [1.82, 2.24) is 0 Å². The Kier molecular flexibility index (Phi) is 3.80. The fourth-order valence-corrected chi connectivity index (χ4v) is 1.88. The number of nitrogens with one attached hydrogen (secondary N) is 1. The largest absolute Gasteiger partial charge is 0.428 e. The number of Topliss-reactive ketones (excluding diaryl/α,β-unsaturated/α-hetero) is 1. The zero-order valence-electron chi connectivity index (χ0n) is 10.9. The van der Waals surface area contributed by atoms with Gasteiger partial charge in [0.25, 0.3) is 0 Å². The van der Waals surface area contributed by atoms with E-state index in [1.54, 1.807) is 13.0 Å². The van der Waals surface area contributed by atoms with Gasteiger partial charge in [-0.3, -0.25) is 4.79 Å². The lowest BCUT2D eigenvalue weighted by Gasteiger charge is -2.09. The molecule has 0 amide bonds. The van der Waals surface area contributed by atoms with E-state index < -0.39 is 5.63 Å². The molecule has 1 aromatic carbocycles. The monoisotopic (exact) mass is 257 g/mol. The van der Waals surface area contributed by atoms with Gasteiger partial charge in [0.15, 0.2) is 5.78 Å². The lowest BCUT2D eigenvalue weighted by Crippen LogP contribution is -2.16. The number of carbonyl (C=O) groups is 1. The van der Waals surface area contributed by atoms with Crippen molar-refractivity contribution in [2.45, 2.75) is 20.4 Å². The smallest absolute Gasteiger partial charge is 0.348 e. The molecule has 0 bridgehead atoms. The first-order valence-corrected chi connectivity index (χ1v) is 6.01. The Morgan fingerprint density at radius 1 is 1.26 bits per heavy atom. The Bertz CT molecular complexity index is 644. The topological polar surface area (TPSA) is 59.3 Å². The normalized spacial score (nSPS) is 10.2. The average Bonchev–Trinajstić information content (AvgIpc) is 2.36. The summed E-state index contributed by atoms with van der Waals surface area (Å²) in [6.45, 7) is 3.58. The third-order valence-electron chi connectivity index (χ3n) is 2.75. The lowest BCUT2D eigenvalue weighted by molar-refractivity contribution is 0.101. The number of anilines is 1. The van der Waals surface area contributed by atoms with Crippen LogP contribution in [0.4, 0.5) is 5.69 Å². The second kappa shape index (κ2) is 5.52. The van der Waals surface area contributed by atoms with Crippen LogP contribution in [0.5, 0.6) is 0 Å². The molecule has 0 radical (unpaired) electrons. The van der Waals surface area contributed by atoms with Crippen LogP contribution in [0.3, 0.4) is 0 Å². The summed E-state index contributed by atoms with van der Waals surface area (Å²) in [5.41, 5.74) is 1.07. The van der Waals surface area contributed by atoms with Crippen molar-refractivity contribution in [3.63, 3.8) is 0 Å². The van der Waals surface area contributed by atoms with Gasteiger partial charge < -0.3 is 9.73 Å². The molecule has 1 heterocycles. The maximum Gasteiger partial charge on any atom is 0.348 e. The molecule has 0 atom stereocenters. The van der Waals surface area contributed by atoms with Crippen LogP contribution in [-0.4, -0.2) is 5.78 Å². The van der Waals surface area contributed by atoms with Gasteiger partial charge >= 0.3 is 5.63 Å². The summed E-state index contributed by atoms with van der Waals surface area (Å²) in [5, 5.41) is 3.11. The highest BCUT2D eigenvalue weighted by Gasteiger charge is 2.14. The molecule has 4 heteroatoms. The van der Waals surface area contributed by atoms with Gasteiger partial charge in [0.2, 0.25) is 0 Å². The molecular weight excluding hydrogens is 242 g/mol. The summed E-state index contributed by atoms with van der Waals surface area (Å²) in [6, 6.07) is 11.4. The van der Waals surface area contributed by atoms with Gasteiger partial charge in [-0.15, -0.1) is 0 Å². The van der Waals surface area contributed by atoms with Gasteiger partial charge in [-0.2, -0.15) is 0 Å². The van der Waals surface area contributed by atoms with Crippen molar-refractivity contribution < 1.29 is 9.21 Å². The van der Waals surface area contributed by atoms with Gasteiger partial charge in [0, 0.05) is 12.6 Å². The van der Waals surface area contributed by atoms with Crippen LogP contribution in [0.2, 0.25) is 0 Å². The third kappa shape index (κ3) is 3.10. The van der Waals surface area contributed by atoms with Gasteiger partial charge in [-0.05, 0) is 19.4 Å². The van der Waals surface area contributed by atoms with Gasteiger partial charge in [-0.25, -0.2) is 4.79 Å². The number of ketones is 1. The van der Waals surface area contributed by atoms with Crippen molar-refractivity contribution in [3.8, 4) is 0 Å². The van der Waals surface area contributed by atoms with E-state index in [1.807, 2.05) is 30.3 Å². The van der Waals surface area contributed by atoms with E-state index in [2.05, 4.69) is 5.32 Å². The summed E-state index contributed by atoms with van der Waals surface area (Å²) in [6.07, 6.45) is 0. The van der Waals surface area contributed by atoms with E-state index in [0.29, 0.717) is 18.0 Å². The first kappa shape index (κ1) is 13.1. The minimum atomic E-state index is -0.594. The number of hydrogen-bond donors (Lipinski definition) is 1. The SMILES string of the molecule is CC(=O)c1c(NCc2ccccc2)cc(C)oc1=O. The van der Waals surface area contributed by atoms with Crippen LogP contribution in [0.15, 0.2) is 45.6 Å². The van der Waals surface area contributed by atoms with Crippen molar-refractivity contribution in [3.05, 3.63) is 63.7 Å². The molecule has 98 valence electrons. The fourth-order valence-electron chi connectivity index (χ4n) is 1.88. The Balaban J connectivity index is 2.29. The number of aryl methyl sites for hydroxylation is 1. The molecule has 0 aliphatic heterocycles. The molecule has 2 aromatic rings. The molecule has 0 saturated carbocycles. The summed E-state index contributed by atoms with van der Waals surface area (Å²) < 4.78 is 4.95. The van der Waals surface area contributed by atoms with Gasteiger partial charge in [0.05, 0.1) is 5.69 Å². The third-order valence-corrected chi connectivity index (χ3v) is 2.75. The van der Waals surface area contributed by atoms with Crippen molar-refractivity contribution >= 4 is 11.5 Å². The van der Waals surface area contributed by atoms with Gasteiger partial charge in [-0.1, -0.05) is 30.3 Å². The molecule has 1 N–H and O–H groups in total. The Labute approximate surface area is 111 Å². The molecule has 0 spiro atoms. The average molecular weight is 257 g/mol. The lowest BCUT2D eigenvalue weighted by atomic mass is 10.1. The predicted molar refractivity (Wildman–Crippen MR) is 73.5 cm³/mol. The Morgan fingerprint density at radius 2 is 1.95 bits per heavy atom. The summed E-state index contributed by atoms with van der Waals surface area (Å²) in [7, 11) is 0. The van der Waals surface area contributed by atoms with Gasteiger partial charge in [0.1, 0.15) is 11.3 Å². The molecule has 4 nitrogen and oxygen atoms in total. The number of benzene rings is 1. The zero-order valence-corrected chi connectivity index (χ0v) is 10.9. The van der Waals surface area contributed by atoms with Crippen LogP contribution >= 0.6 is 0 Å². The van der Waals surface area contributed by atoms with E-state index in [9.17, 15) is 9.59 Å². The van der Waals surface area contributed by atoms with Crippen LogP contribution < -0.4 is 10.9 Å². The second-order valence-corrected chi connectivity index (χ2v) is 4.33. The molecule has 0 aliphatic rings. The van der Waals surface area contributed by atoms with Crippen molar-refractivity contribution in [2.24, 2.45) is 0 Å². The number of carbonyl (C=O) groups excluding carboxylic acids is 1. The first-order valence-electron chi connectivity index (χ1n) is 6.01. The van der Waals surface area contributed by atoms with Crippen LogP contribution in [0.1, 0.15) is 28.6 Å². The Hall–Kier alpha value is -2.36. The predicted octanol–water partition coefficient (Wildman–Crippen LogP) is 2.76. The molecular formula is C15H15NO3. The zero-order chi connectivity index (χ0) is 13.8. The van der Waals surface area contributed by atoms with Crippen LogP contribution in [0, 0.1) is 6.92 Å². The molecule has 0 saturated heterocycles. The van der Waals surface area contributed by atoms with Crippen LogP contribution in [-0.2, 0) is 6.54 Å². The summed E-state index contributed by atoms with van der Waals surface area (Å²) >= 11 is 0. The standard InChI is InChI=1S/C15H15NO3/c1-10-8-13(14(11(2)17)15(18)19-10)16-9-12-6-4-3-5-7-12/h3-8,16H,9H2,1-2H3. The highest BCUT2D eigenvalue weighted by atomic mass is 16.4. The molecule has 0 aliphatic carbocycles. The maximum atomic E-state index is 11.7. The summed E-state index contributed by atoms with van der Waals surface area (Å²) in [5.74, 6) is 0.176. The quantitative estimate of drug-likeness (QED) is 0.855. The molecule has 1 aromatic heterocycles. The highest BCUT2D eigenvalue weighted by molar-refractivity contribution is 5.98. The molecule has 19 heavy (non-hydrogen) atoms. The summed E-state index contributed by atoms with van der Waals surface area (Å²) in [4.78, 5) is 23.2. The van der Waals surface area contributed by atoms with Crippen molar-refractivity contribution in [2.75, 3.05) is 5.32 Å². The van der Waals surface area contributed by atoms with E-state index in [1.165, 1.54) is 6.92 Å². The maximum absolute atomic E-state index is 11.7. The number of hydrogen-bond acceptors (Lipinski definition) is 4. The molecule has 2 rings (SSSR count). The van der Waals surface area contributed by atoms with E-state index in [4.69, 9.17) is 4.42 Å². The first-order chi connectivity index (χ1) is 9.08. The molecule has 0 fully saturated rings.